The van der Waals surface area contributed by atoms with Gasteiger partial charge in [-0.2, -0.15) is 0 Å². The van der Waals surface area contributed by atoms with Crippen LogP contribution < -0.4 is 9.62 Å². The number of hydrogen-bond donors (Lipinski definition) is 1. The van der Waals surface area contributed by atoms with Crippen LogP contribution in [0.2, 0.25) is 10.0 Å². The number of carbonyl (C=O) groups is 2. The molecule has 11 heteroatoms. The fourth-order valence-corrected chi connectivity index (χ4v) is 6.84. The smallest absolute Gasteiger partial charge is 0.264 e. The highest BCUT2D eigenvalue weighted by molar-refractivity contribution is 7.92. The Labute approximate surface area is 256 Å². The van der Waals surface area contributed by atoms with Crippen molar-refractivity contribution >= 4 is 50.7 Å². The monoisotopic (exact) mass is 633 g/mol. The van der Waals surface area contributed by atoms with Gasteiger partial charge in [0.1, 0.15) is 18.4 Å². The number of nitrogens with zero attached hydrogens (tertiary/aromatic N) is 2. The van der Waals surface area contributed by atoms with E-state index in [4.69, 9.17) is 23.2 Å². The molecule has 0 bridgehead atoms. The van der Waals surface area contributed by atoms with E-state index in [-0.39, 0.29) is 29.1 Å². The number of anilines is 1. The van der Waals surface area contributed by atoms with Gasteiger partial charge in [-0.1, -0.05) is 66.2 Å². The van der Waals surface area contributed by atoms with Crippen molar-refractivity contribution in [3.63, 3.8) is 0 Å². The van der Waals surface area contributed by atoms with Gasteiger partial charge in [0.2, 0.25) is 11.8 Å². The van der Waals surface area contributed by atoms with Gasteiger partial charge in [0.25, 0.3) is 10.0 Å². The lowest BCUT2D eigenvalue weighted by molar-refractivity contribution is -0.139. The maximum absolute atomic E-state index is 14.0. The van der Waals surface area contributed by atoms with E-state index < -0.39 is 34.3 Å². The lowest BCUT2D eigenvalue weighted by atomic mass is 9.95. The largest absolute Gasteiger partial charge is 0.352 e. The molecule has 4 rings (SSSR count). The number of rotatable bonds is 10. The zero-order valence-corrected chi connectivity index (χ0v) is 25.9. The molecule has 1 atom stereocenters. The molecule has 0 aliphatic heterocycles. The Morgan fingerprint density at radius 2 is 1.62 bits per heavy atom. The molecule has 224 valence electrons. The molecule has 0 saturated heterocycles. The number of nitrogens with one attached hydrogen (secondary N) is 1. The molecule has 42 heavy (non-hydrogen) atoms. The predicted octanol–water partition coefficient (Wildman–Crippen LogP) is 6.50. The molecule has 1 aliphatic carbocycles. The molecule has 1 aliphatic rings. The lowest BCUT2D eigenvalue weighted by Gasteiger charge is -2.33. The van der Waals surface area contributed by atoms with Crippen molar-refractivity contribution in [2.24, 2.45) is 0 Å². The second kappa shape index (κ2) is 13.9. The van der Waals surface area contributed by atoms with Gasteiger partial charge in [0.05, 0.1) is 10.6 Å². The fraction of sp³-hybridized carbons (Fsp3) is 0.355. The first-order valence-electron chi connectivity index (χ1n) is 13.8. The van der Waals surface area contributed by atoms with E-state index >= 15 is 0 Å². The number of hydrogen-bond acceptors (Lipinski definition) is 4. The first kappa shape index (κ1) is 31.8. The van der Waals surface area contributed by atoms with E-state index in [1.165, 1.54) is 29.2 Å². The van der Waals surface area contributed by atoms with E-state index in [0.717, 1.165) is 54.1 Å². The van der Waals surface area contributed by atoms with Crippen LogP contribution in [0.15, 0.2) is 71.6 Å². The molecule has 1 fully saturated rings. The number of halogens is 3. The molecular weight excluding hydrogens is 600 g/mol. The molecule has 1 N–H and O–H groups in total. The van der Waals surface area contributed by atoms with Gasteiger partial charge < -0.3 is 10.2 Å². The van der Waals surface area contributed by atoms with E-state index in [0.29, 0.717) is 15.6 Å². The first-order valence-corrected chi connectivity index (χ1v) is 16.0. The van der Waals surface area contributed by atoms with Crippen molar-refractivity contribution in [3.8, 4) is 0 Å². The quantitative estimate of drug-likeness (QED) is 0.276. The van der Waals surface area contributed by atoms with E-state index in [1.54, 1.807) is 37.3 Å². The van der Waals surface area contributed by atoms with Gasteiger partial charge in [0, 0.05) is 22.6 Å². The zero-order valence-electron chi connectivity index (χ0n) is 23.5. The number of carbonyl (C=O) groups excluding carboxylic acids is 2. The maximum atomic E-state index is 14.0. The van der Waals surface area contributed by atoms with Crippen LogP contribution in [0.4, 0.5) is 10.1 Å². The third-order valence-electron chi connectivity index (χ3n) is 7.48. The van der Waals surface area contributed by atoms with Crippen molar-refractivity contribution in [1.29, 1.82) is 0 Å². The summed E-state index contributed by atoms with van der Waals surface area (Å²) in [7, 11) is -4.25. The van der Waals surface area contributed by atoms with Crippen LogP contribution in [0.1, 0.15) is 50.2 Å². The van der Waals surface area contributed by atoms with Crippen molar-refractivity contribution in [2.75, 3.05) is 10.8 Å². The van der Waals surface area contributed by atoms with Gasteiger partial charge in [0.15, 0.2) is 0 Å². The standard InChI is InChI=1S/C31H34Cl2FN3O4S/c1-21-8-16-28(17-9-21)42(40,41)37(27-14-12-25(34)13-15-27)20-30(38)36(19-23-10-11-24(32)18-29(23)33)22(2)31(39)35-26-6-4-3-5-7-26/h8-18,22,26H,3-7,19-20H2,1-2H3,(H,35,39)/t22-/m0/s1. The molecule has 0 spiro atoms. The third-order valence-corrected chi connectivity index (χ3v) is 9.85. The molecule has 0 aromatic heterocycles. The zero-order chi connectivity index (χ0) is 30.4. The van der Waals surface area contributed by atoms with Crippen LogP contribution in [0.25, 0.3) is 0 Å². The van der Waals surface area contributed by atoms with Crippen molar-refractivity contribution < 1.29 is 22.4 Å². The molecule has 7 nitrogen and oxygen atoms in total. The van der Waals surface area contributed by atoms with Crippen molar-refractivity contribution in [3.05, 3.63) is 93.7 Å². The minimum atomic E-state index is -4.25. The maximum Gasteiger partial charge on any atom is 0.264 e. The van der Waals surface area contributed by atoms with E-state index in [9.17, 15) is 22.4 Å². The Hall–Kier alpha value is -3.14. The van der Waals surface area contributed by atoms with Crippen LogP contribution in [-0.4, -0.2) is 43.8 Å². The highest BCUT2D eigenvalue weighted by atomic mass is 35.5. The summed E-state index contributed by atoms with van der Waals surface area (Å²) in [5, 5.41) is 3.78. The Morgan fingerprint density at radius 3 is 2.24 bits per heavy atom. The van der Waals surface area contributed by atoms with Gasteiger partial charge in [-0.15, -0.1) is 0 Å². The predicted molar refractivity (Wildman–Crippen MR) is 164 cm³/mol. The van der Waals surface area contributed by atoms with E-state index in [2.05, 4.69) is 5.32 Å². The normalized spacial score (nSPS) is 14.7. The molecule has 0 radical (unpaired) electrons. The topological polar surface area (TPSA) is 86.8 Å². The fourth-order valence-electron chi connectivity index (χ4n) is 4.96. The molecule has 0 unspecified atom stereocenters. The van der Waals surface area contributed by atoms with E-state index in [1.807, 2.05) is 6.92 Å². The summed E-state index contributed by atoms with van der Waals surface area (Å²) in [6.45, 7) is 2.75. The molecule has 1 saturated carbocycles. The Bertz CT molecular complexity index is 1510. The summed E-state index contributed by atoms with van der Waals surface area (Å²) in [5.74, 6) is -1.52. The number of sulfonamides is 1. The summed E-state index contributed by atoms with van der Waals surface area (Å²) in [6.07, 6.45) is 4.89. The van der Waals surface area contributed by atoms with Crippen LogP contribution in [0.5, 0.6) is 0 Å². The molecule has 0 heterocycles. The van der Waals surface area contributed by atoms with Crippen LogP contribution in [-0.2, 0) is 26.2 Å². The average Bonchev–Trinajstić information content (AvgIpc) is 2.96. The Kier molecular flexibility index (Phi) is 10.5. The number of amides is 2. The summed E-state index contributed by atoms with van der Waals surface area (Å²) in [4.78, 5) is 28.7. The van der Waals surface area contributed by atoms with Gasteiger partial charge >= 0.3 is 0 Å². The highest BCUT2D eigenvalue weighted by Crippen LogP contribution is 2.27. The van der Waals surface area contributed by atoms with Crippen LogP contribution >= 0.6 is 23.2 Å². The Morgan fingerprint density at radius 1 is 0.976 bits per heavy atom. The number of aryl methyl sites for hydroxylation is 1. The van der Waals surface area contributed by atoms with Gasteiger partial charge in [-0.05, 0) is 80.8 Å². The molecule has 3 aromatic carbocycles. The third kappa shape index (κ3) is 7.82. The van der Waals surface area contributed by atoms with Gasteiger partial charge in [-0.25, -0.2) is 12.8 Å². The van der Waals surface area contributed by atoms with Crippen molar-refractivity contribution in [1.82, 2.24) is 10.2 Å². The van der Waals surface area contributed by atoms with Crippen molar-refractivity contribution in [2.45, 2.75) is 69.5 Å². The van der Waals surface area contributed by atoms with Crippen LogP contribution in [0.3, 0.4) is 0 Å². The SMILES string of the molecule is Cc1ccc(S(=O)(=O)N(CC(=O)N(Cc2ccc(Cl)cc2Cl)[C@@H](C)C(=O)NC2CCCCC2)c2ccc(F)cc2)cc1. The second-order valence-corrected chi connectivity index (χ2v) is 13.3. The summed E-state index contributed by atoms with van der Waals surface area (Å²) < 4.78 is 42.4. The minimum Gasteiger partial charge on any atom is -0.352 e. The highest BCUT2D eigenvalue weighted by Gasteiger charge is 2.33. The van der Waals surface area contributed by atoms with Gasteiger partial charge in [-0.3, -0.25) is 13.9 Å². The lowest BCUT2D eigenvalue weighted by Crippen LogP contribution is -2.53. The average molecular weight is 635 g/mol. The molecular formula is C31H34Cl2FN3O4S. The first-order chi connectivity index (χ1) is 20.0. The summed E-state index contributed by atoms with van der Waals surface area (Å²) in [5.41, 5.74) is 1.51. The summed E-state index contributed by atoms with van der Waals surface area (Å²) >= 11 is 12.5. The molecule has 3 aromatic rings. The minimum absolute atomic E-state index is 0.0161. The van der Waals surface area contributed by atoms with Crippen LogP contribution in [0, 0.1) is 12.7 Å². The second-order valence-electron chi connectivity index (χ2n) is 10.6. The Balaban J connectivity index is 1.69. The molecule has 2 amide bonds. The number of benzene rings is 3. The summed E-state index contributed by atoms with van der Waals surface area (Å²) in [6, 6.07) is 15.0.